The van der Waals surface area contributed by atoms with Gasteiger partial charge in [0.2, 0.25) is 0 Å². The molecule has 19 heavy (non-hydrogen) atoms. The predicted molar refractivity (Wildman–Crippen MR) is 85.4 cm³/mol. The van der Waals surface area contributed by atoms with Gasteiger partial charge >= 0.3 is 0 Å². The molecule has 0 saturated carbocycles. The second-order valence-electron chi connectivity index (χ2n) is 5.27. The number of nitrogens with one attached hydrogen (secondary N) is 1. The first kappa shape index (κ1) is 11.1. The van der Waals surface area contributed by atoms with Crippen LogP contribution in [-0.4, -0.2) is 4.98 Å². The zero-order chi connectivity index (χ0) is 13.1. The summed E-state index contributed by atoms with van der Waals surface area (Å²) in [7, 11) is 0. The average molecular weight is 265 g/mol. The fourth-order valence-corrected chi connectivity index (χ4v) is 4.30. The van der Waals surface area contributed by atoms with Gasteiger partial charge in [-0.15, -0.1) is 11.3 Å². The number of fused-ring (bicyclic) bond motifs is 5. The van der Waals surface area contributed by atoms with Crippen LogP contribution in [0.4, 0.5) is 0 Å². The van der Waals surface area contributed by atoms with Gasteiger partial charge in [0.15, 0.2) is 0 Å². The van der Waals surface area contributed by atoms with Crippen LogP contribution in [0.5, 0.6) is 0 Å². The maximum atomic E-state index is 3.60. The monoisotopic (exact) mass is 265 g/mol. The molecule has 0 amide bonds. The summed E-state index contributed by atoms with van der Waals surface area (Å²) in [6, 6.07) is 10.9. The van der Waals surface area contributed by atoms with Gasteiger partial charge < -0.3 is 4.98 Å². The van der Waals surface area contributed by atoms with Gasteiger partial charge in [0, 0.05) is 26.6 Å². The zero-order valence-corrected chi connectivity index (χ0v) is 12.1. The lowest BCUT2D eigenvalue weighted by Crippen LogP contribution is -1.79. The molecule has 0 aliphatic rings. The third-order valence-corrected chi connectivity index (χ3v) is 5.34. The van der Waals surface area contributed by atoms with E-state index < -0.39 is 0 Å². The number of aryl methyl sites for hydroxylation is 3. The molecule has 2 heteroatoms. The van der Waals surface area contributed by atoms with Crippen molar-refractivity contribution in [2.45, 2.75) is 20.8 Å². The van der Waals surface area contributed by atoms with E-state index in [0.717, 1.165) is 0 Å². The van der Waals surface area contributed by atoms with Crippen LogP contribution in [-0.2, 0) is 0 Å². The molecule has 0 aliphatic heterocycles. The Kier molecular flexibility index (Phi) is 2.10. The van der Waals surface area contributed by atoms with Crippen molar-refractivity contribution < 1.29 is 0 Å². The molecule has 2 aromatic heterocycles. The van der Waals surface area contributed by atoms with Crippen molar-refractivity contribution in [3.8, 4) is 0 Å². The molecular weight excluding hydrogens is 250 g/mol. The highest BCUT2D eigenvalue weighted by atomic mass is 32.1. The second-order valence-corrected chi connectivity index (χ2v) is 6.50. The molecule has 2 heterocycles. The number of thiophene rings is 1. The van der Waals surface area contributed by atoms with E-state index in [1.54, 1.807) is 0 Å². The van der Waals surface area contributed by atoms with Crippen LogP contribution in [0, 0.1) is 20.8 Å². The first-order chi connectivity index (χ1) is 9.16. The summed E-state index contributed by atoms with van der Waals surface area (Å²) < 4.78 is 1.40. The largest absolute Gasteiger partial charge is 0.353 e. The molecule has 0 spiro atoms. The lowest BCUT2D eigenvalue weighted by molar-refractivity contribution is 1.44. The minimum Gasteiger partial charge on any atom is -0.353 e. The number of hydrogen-bond donors (Lipinski definition) is 1. The second kappa shape index (κ2) is 3.61. The Bertz CT molecular complexity index is 940. The van der Waals surface area contributed by atoms with Crippen LogP contribution in [0.1, 0.15) is 16.0 Å². The number of H-pyrrole nitrogens is 1. The fraction of sp³-hybridized carbons (Fsp3) is 0.176. The van der Waals surface area contributed by atoms with Crippen molar-refractivity contribution in [3.05, 3.63) is 46.3 Å². The van der Waals surface area contributed by atoms with E-state index in [4.69, 9.17) is 0 Å². The van der Waals surface area contributed by atoms with Crippen molar-refractivity contribution in [2.75, 3.05) is 0 Å². The fourth-order valence-electron chi connectivity index (χ4n) is 3.06. The van der Waals surface area contributed by atoms with Crippen molar-refractivity contribution in [2.24, 2.45) is 0 Å². The third kappa shape index (κ3) is 1.35. The van der Waals surface area contributed by atoms with Gasteiger partial charge in [0.1, 0.15) is 0 Å². The number of para-hydroxylation sites is 1. The summed E-state index contributed by atoms with van der Waals surface area (Å²) >= 11 is 1.91. The normalized spacial score (nSPS) is 11.9. The summed E-state index contributed by atoms with van der Waals surface area (Å²) in [6.45, 7) is 6.67. The molecule has 0 unspecified atom stereocenters. The minimum absolute atomic E-state index is 1.23. The molecule has 0 radical (unpaired) electrons. The summed E-state index contributed by atoms with van der Waals surface area (Å²) in [4.78, 5) is 5.02. The Morgan fingerprint density at radius 3 is 2.63 bits per heavy atom. The third-order valence-electron chi connectivity index (χ3n) is 4.11. The molecule has 4 aromatic rings. The van der Waals surface area contributed by atoms with Gasteiger partial charge in [0.25, 0.3) is 0 Å². The molecule has 0 saturated heterocycles. The summed E-state index contributed by atoms with van der Waals surface area (Å²) in [5.41, 5.74) is 5.34. The van der Waals surface area contributed by atoms with Crippen LogP contribution >= 0.6 is 11.3 Å². The molecular formula is C17H15NS. The Labute approximate surface area is 115 Å². The lowest BCUT2D eigenvalue weighted by atomic mass is 10.0. The quantitative estimate of drug-likeness (QED) is 0.434. The van der Waals surface area contributed by atoms with Gasteiger partial charge in [-0.2, -0.15) is 0 Å². The van der Waals surface area contributed by atoms with Gasteiger partial charge in [-0.1, -0.05) is 18.2 Å². The van der Waals surface area contributed by atoms with Gasteiger partial charge in [-0.25, -0.2) is 0 Å². The maximum absolute atomic E-state index is 3.60. The van der Waals surface area contributed by atoms with Crippen molar-refractivity contribution in [1.82, 2.24) is 4.98 Å². The summed E-state index contributed by atoms with van der Waals surface area (Å²) in [5.74, 6) is 0. The highest BCUT2D eigenvalue weighted by molar-refractivity contribution is 7.20. The standard InChI is InChI=1S/C17H15NS/c1-9-8-13-12-6-4-5-7-14(12)18-16(13)17-15(9)10(2)11(3)19-17/h4-8,18H,1-3H3. The first-order valence-electron chi connectivity index (χ1n) is 6.56. The van der Waals surface area contributed by atoms with E-state index >= 15 is 0 Å². The van der Waals surface area contributed by atoms with Crippen LogP contribution in [0.15, 0.2) is 30.3 Å². The first-order valence-corrected chi connectivity index (χ1v) is 7.38. The van der Waals surface area contributed by atoms with Crippen LogP contribution in [0.25, 0.3) is 31.9 Å². The van der Waals surface area contributed by atoms with Gasteiger partial charge in [0.05, 0.1) is 10.2 Å². The molecule has 0 atom stereocenters. The van der Waals surface area contributed by atoms with Crippen LogP contribution in [0.2, 0.25) is 0 Å². The predicted octanol–water partition coefficient (Wildman–Crippen LogP) is 5.46. The lowest BCUT2D eigenvalue weighted by Gasteiger charge is -2.00. The number of aromatic amines is 1. The van der Waals surface area contributed by atoms with Crippen LogP contribution in [0.3, 0.4) is 0 Å². The smallest absolute Gasteiger partial charge is 0.0646 e. The van der Waals surface area contributed by atoms with Crippen molar-refractivity contribution in [3.63, 3.8) is 0 Å². The highest BCUT2D eigenvalue weighted by Gasteiger charge is 2.14. The minimum atomic E-state index is 1.23. The van der Waals surface area contributed by atoms with Gasteiger partial charge in [-0.05, 0) is 44.0 Å². The van der Waals surface area contributed by atoms with E-state index in [1.807, 2.05) is 11.3 Å². The molecule has 4 rings (SSSR count). The van der Waals surface area contributed by atoms with Crippen LogP contribution < -0.4 is 0 Å². The summed E-state index contributed by atoms with van der Waals surface area (Å²) in [5, 5.41) is 4.11. The van der Waals surface area contributed by atoms with E-state index in [-0.39, 0.29) is 0 Å². The number of aromatic nitrogens is 1. The maximum Gasteiger partial charge on any atom is 0.0646 e. The van der Waals surface area contributed by atoms with E-state index in [9.17, 15) is 0 Å². The number of rotatable bonds is 0. The summed E-state index contributed by atoms with van der Waals surface area (Å²) in [6.07, 6.45) is 0. The Morgan fingerprint density at radius 1 is 1.00 bits per heavy atom. The van der Waals surface area contributed by atoms with Crippen molar-refractivity contribution >= 4 is 43.2 Å². The molecule has 0 bridgehead atoms. The zero-order valence-electron chi connectivity index (χ0n) is 11.3. The van der Waals surface area contributed by atoms with E-state index in [0.29, 0.717) is 0 Å². The average Bonchev–Trinajstić information content (AvgIpc) is 2.90. The molecule has 94 valence electrons. The topological polar surface area (TPSA) is 15.8 Å². The Hall–Kier alpha value is -1.80. The van der Waals surface area contributed by atoms with Crippen molar-refractivity contribution in [1.29, 1.82) is 0 Å². The highest BCUT2D eigenvalue weighted by Crippen LogP contribution is 2.39. The SMILES string of the molecule is Cc1sc2c(c(C)cc3c4ccccc4[nH]c32)c1C. The van der Waals surface area contributed by atoms with E-state index in [2.05, 4.69) is 56.1 Å². The van der Waals surface area contributed by atoms with Gasteiger partial charge in [-0.3, -0.25) is 0 Å². The number of benzene rings is 2. The number of hydrogen-bond acceptors (Lipinski definition) is 1. The Morgan fingerprint density at radius 2 is 1.79 bits per heavy atom. The Balaban J connectivity index is 2.35. The molecule has 2 aromatic carbocycles. The molecule has 1 nitrogen and oxygen atoms in total. The molecule has 0 aliphatic carbocycles. The van der Waals surface area contributed by atoms with E-state index in [1.165, 1.54) is 47.9 Å². The molecule has 1 N–H and O–H groups in total. The molecule has 0 fully saturated rings.